The first-order valence-electron chi connectivity index (χ1n) is 21.9. The molecule has 1 saturated heterocycles. The number of hydrogen-bond acceptors (Lipinski definition) is 9. The molecular weight excluding hydrogens is 841 g/mol. The zero-order valence-electron chi connectivity index (χ0n) is 39.2. The summed E-state index contributed by atoms with van der Waals surface area (Å²) in [6.45, 7) is 14.9. The third-order valence-electron chi connectivity index (χ3n) is 11.4. The molecular formula is C50H62N8O8. The largest absolute Gasteiger partial charge is 0.343 e. The van der Waals surface area contributed by atoms with Crippen LogP contribution in [0.4, 0.5) is 0 Å². The van der Waals surface area contributed by atoms with E-state index in [0.29, 0.717) is 16.7 Å². The van der Waals surface area contributed by atoms with E-state index < -0.39 is 87.8 Å². The number of ketones is 1. The molecule has 0 radical (unpaired) electrons. The number of amides is 7. The van der Waals surface area contributed by atoms with Crippen LogP contribution < -0.4 is 42.5 Å². The molecule has 0 spiro atoms. The lowest BCUT2D eigenvalue weighted by molar-refractivity contribution is -0.138. The monoisotopic (exact) mass is 902 g/mol. The van der Waals surface area contributed by atoms with Crippen LogP contribution in [-0.4, -0.2) is 93.6 Å². The van der Waals surface area contributed by atoms with Crippen LogP contribution >= 0.6 is 0 Å². The van der Waals surface area contributed by atoms with Crippen molar-refractivity contribution >= 4 is 57.9 Å². The molecule has 0 saturated carbocycles. The van der Waals surface area contributed by atoms with Gasteiger partial charge >= 0.3 is 0 Å². The smallest absolute Gasteiger partial charge is 0.246 e. The summed E-state index contributed by atoms with van der Waals surface area (Å²) in [6, 6.07) is 25.0. The third kappa shape index (κ3) is 12.7. The molecule has 0 aliphatic carbocycles. The highest BCUT2D eigenvalue weighted by atomic mass is 16.2. The van der Waals surface area contributed by atoms with Gasteiger partial charge < -0.3 is 37.2 Å². The zero-order valence-corrected chi connectivity index (χ0v) is 39.2. The first-order chi connectivity index (χ1) is 30.8. The topological polar surface area (TPSA) is 233 Å². The van der Waals surface area contributed by atoms with Crippen LogP contribution in [0.2, 0.25) is 0 Å². The van der Waals surface area contributed by atoms with E-state index in [4.69, 9.17) is 0 Å². The maximum absolute atomic E-state index is 14.2. The maximum atomic E-state index is 14.2. The van der Waals surface area contributed by atoms with Gasteiger partial charge in [-0.25, -0.2) is 0 Å². The van der Waals surface area contributed by atoms with Crippen molar-refractivity contribution in [2.75, 3.05) is 0 Å². The third-order valence-corrected chi connectivity index (χ3v) is 11.4. The van der Waals surface area contributed by atoms with E-state index >= 15 is 0 Å². The van der Waals surface area contributed by atoms with Gasteiger partial charge in [0.15, 0.2) is 5.78 Å². The Balaban J connectivity index is 1.44. The lowest BCUT2D eigenvalue weighted by Crippen LogP contribution is -2.66. The van der Waals surface area contributed by atoms with Crippen LogP contribution in [0, 0.1) is 0 Å². The van der Waals surface area contributed by atoms with Crippen molar-refractivity contribution in [1.29, 1.82) is 0 Å². The first kappa shape index (κ1) is 50.1. The lowest BCUT2D eigenvalue weighted by atomic mass is 9.97. The van der Waals surface area contributed by atoms with E-state index in [1.54, 1.807) is 69.3 Å². The number of benzene rings is 4. The summed E-state index contributed by atoms with van der Waals surface area (Å²) in [5.74, 6) is -5.06. The average Bonchev–Trinajstić information content (AvgIpc) is 3.24. The molecule has 16 nitrogen and oxygen atoms in total. The van der Waals surface area contributed by atoms with Gasteiger partial charge in [0.05, 0.1) is 11.7 Å². The predicted octanol–water partition coefficient (Wildman–Crippen LogP) is 2.86. The number of carbonyl (C=O) groups excluding carboxylic acids is 8. The van der Waals surface area contributed by atoms with E-state index in [0.717, 1.165) is 16.3 Å². The second-order valence-corrected chi connectivity index (χ2v) is 19.0. The maximum Gasteiger partial charge on any atom is 0.246 e. The molecule has 4 atom stereocenters. The van der Waals surface area contributed by atoms with E-state index in [9.17, 15) is 38.4 Å². The van der Waals surface area contributed by atoms with Crippen molar-refractivity contribution < 1.29 is 38.4 Å². The molecule has 4 unspecified atom stereocenters. The molecule has 4 aromatic carbocycles. The molecule has 0 bridgehead atoms. The molecule has 7 amide bonds. The number of carbonyl (C=O) groups is 8. The Hall–Kier alpha value is -6.94. The molecule has 1 heterocycles. The predicted molar refractivity (Wildman–Crippen MR) is 251 cm³/mol. The molecule has 350 valence electrons. The van der Waals surface area contributed by atoms with Crippen LogP contribution in [0.15, 0.2) is 97.1 Å². The summed E-state index contributed by atoms with van der Waals surface area (Å²) >= 11 is 0. The van der Waals surface area contributed by atoms with Gasteiger partial charge in [0.2, 0.25) is 41.4 Å². The fourth-order valence-electron chi connectivity index (χ4n) is 7.32. The summed E-state index contributed by atoms with van der Waals surface area (Å²) in [5.41, 5.74) is -3.99. The van der Waals surface area contributed by atoms with Gasteiger partial charge in [-0.3, -0.25) is 43.7 Å². The summed E-state index contributed by atoms with van der Waals surface area (Å²) < 4.78 is 0. The summed E-state index contributed by atoms with van der Waals surface area (Å²) in [5, 5.41) is 24.1. The van der Waals surface area contributed by atoms with Crippen molar-refractivity contribution in [2.24, 2.45) is 0 Å². The molecule has 16 heteroatoms. The van der Waals surface area contributed by atoms with Crippen molar-refractivity contribution in [1.82, 2.24) is 42.5 Å². The molecule has 1 aliphatic rings. The van der Waals surface area contributed by atoms with Crippen LogP contribution in [-0.2, 0) is 46.4 Å². The number of hydrogen-bond donors (Lipinski definition) is 8. The molecule has 1 aliphatic heterocycles. The van der Waals surface area contributed by atoms with Crippen LogP contribution in [0.3, 0.4) is 0 Å². The fourth-order valence-corrected chi connectivity index (χ4v) is 7.32. The first-order valence-corrected chi connectivity index (χ1v) is 21.9. The van der Waals surface area contributed by atoms with E-state index in [2.05, 4.69) is 42.5 Å². The zero-order chi connectivity index (χ0) is 48.8. The molecule has 4 aromatic rings. The van der Waals surface area contributed by atoms with Gasteiger partial charge in [-0.15, -0.1) is 0 Å². The second-order valence-electron chi connectivity index (χ2n) is 19.0. The van der Waals surface area contributed by atoms with Gasteiger partial charge in [-0.05, 0) is 91.1 Å². The lowest BCUT2D eigenvalue weighted by Gasteiger charge is -2.34. The molecule has 0 aromatic heterocycles. The number of rotatable bonds is 6. The van der Waals surface area contributed by atoms with Crippen molar-refractivity contribution in [3.63, 3.8) is 0 Å². The van der Waals surface area contributed by atoms with Crippen molar-refractivity contribution in [2.45, 2.75) is 129 Å². The van der Waals surface area contributed by atoms with E-state index in [1.807, 2.05) is 48.5 Å². The molecule has 66 heavy (non-hydrogen) atoms. The Labute approximate surface area is 385 Å². The quantitative estimate of drug-likeness (QED) is 0.133. The highest BCUT2D eigenvalue weighted by Gasteiger charge is 2.40. The van der Waals surface area contributed by atoms with Gasteiger partial charge in [-0.2, -0.15) is 0 Å². The minimum absolute atomic E-state index is 0.0482. The Morgan fingerprint density at radius 3 is 1.44 bits per heavy atom. The second kappa shape index (κ2) is 20.1. The van der Waals surface area contributed by atoms with E-state index in [-0.39, 0.29) is 18.6 Å². The minimum Gasteiger partial charge on any atom is -0.343 e. The summed E-state index contributed by atoms with van der Waals surface area (Å²) in [6.07, 6.45) is -0.882. The summed E-state index contributed by atoms with van der Waals surface area (Å²) in [7, 11) is 0. The van der Waals surface area contributed by atoms with Crippen molar-refractivity contribution in [3.05, 3.63) is 119 Å². The van der Waals surface area contributed by atoms with Crippen molar-refractivity contribution in [3.8, 4) is 0 Å². The average molecular weight is 903 g/mol. The van der Waals surface area contributed by atoms with E-state index in [1.165, 1.54) is 48.5 Å². The van der Waals surface area contributed by atoms with Gasteiger partial charge in [-0.1, -0.05) is 97.1 Å². The molecule has 8 N–H and O–H groups in total. The van der Waals surface area contributed by atoms with Crippen LogP contribution in [0.1, 0.15) is 96.3 Å². The number of fused-ring (bicyclic) bond motifs is 1. The van der Waals surface area contributed by atoms with Crippen LogP contribution in [0.5, 0.6) is 0 Å². The SMILES string of the molecule is CC1NC(=O)C(C)(C)NC(=O)C(Cc2ccc(C(=O)c3ccccc3)cc2)NC(=O)C(C)(C)NC(=O)C(C)NC(=O)C(C)(C)NC(=O)C(Cc2ccc3ccccc3c2)NC(=O)C(C)(C)N1. The Morgan fingerprint density at radius 1 is 0.455 bits per heavy atom. The van der Waals surface area contributed by atoms with Crippen LogP contribution in [0.25, 0.3) is 10.8 Å². The highest BCUT2D eigenvalue weighted by Crippen LogP contribution is 2.19. The summed E-state index contributed by atoms with van der Waals surface area (Å²) in [4.78, 5) is 111. The highest BCUT2D eigenvalue weighted by molar-refractivity contribution is 6.09. The minimum atomic E-state index is -1.64. The van der Waals surface area contributed by atoms with Gasteiger partial charge in [0, 0.05) is 24.0 Å². The Kier molecular flexibility index (Phi) is 15.2. The number of nitrogens with one attached hydrogen (secondary N) is 8. The Bertz CT molecular complexity index is 2500. The standard InChI is InChI=1S/C50H62N8O8/c1-29-40(60)56-50(9,10)46(66)53-37(27-31-20-24-35(25-21-31)39(59)34-17-12-11-13-18-34)41(61)58-49(7,8)44(64)52-30(2)55-47(3,4)45(65)54-38(42(62)57-48(5,6)43(63)51-29)28-32-22-23-33-16-14-15-19-36(33)26-32/h11-26,29-30,37-38,55H,27-28H2,1-10H3,(H,51,63)(H,52,64)(H,53,66)(H,54,65)(H,56,60)(H,57,62)(H,58,61). The normalized spacial score (nSPS) is 23.2. The van der Waals surface area contributed by atoms with Gasteiger partial charge in [0.25, 0.3) is 0 Å². The molecule has 5 rings (SSSR count). The molecule has 1 fully saturated rings. The fraction of sp³-hybridized carbons (Fsp3) is 0.400. The Morgan fingerprint density at radius 2 is 0.879 bits per heavy atom. The van der Waals surface area contributed by atoms with Gasteiger partial charge in [0.1, 0.15) is 34.7 Å².